The number of alkyl halides is 3. The van der Waals surface area contributed by atoms with Crippen molar-refractivity contribution in [3.05, 3.63) is 71.4 Å². The molecule has 2 aromatic carbocycles. The van der Waals surface area contributed by atoms with E-state index >= 15 is 0 Å². The molecule has 0 aliphatic rings. The molecular formula is C22H21F3N4O3S. The molecule has 1 heterocycles. The molecule has 1 N–H and O–H groups in total. The molecule has 33 heavy (non-hydrogen) atoms. The highest BCUT2D eigenvalue weighted by atomic mass is 32.2. The number of thioether (sulfide) groups is 1. The smallest absolute Gasteiger partial charge is 0.340 e. The molecule has 3 aromatic rings. The molecule has 2 amide bonds. The van der Waals surface area contributed by atoms with E-state index in [0.717, 1.165) is 0 Å². The third kappa shape index (κ3) is 6.58. The van der Waals surface area contributed by atoms with Crippen LogP contribution in [0.5, 0.6) is 0 Å². The van der Waals surface area contributed by atoms with Crippen LogP contribution in [0.3, 0.4) is 0 Å². The number of aryl methyl sites for hydroxylation is 1. The number of carbonyl (C=O) groups excluding carboxylic acids is 2. The van der Waals surface area contributed by atoms with Crippen molar-refractivity contribution in [3.63, 3.8) is 0 Å². The second kappa shape index (κ2) is 10.5. The Labute approximate surface area is 192 Å². The number of nitrogens with zero attached hydrogens (tertiary/aromatic N) is 3. The molecule has 0 saturated heterocycles. The van der Waals surface area contributed by atoms with E-state index in [1.165, 1.54) is 18.7 Å². The lowest BCUT2D eigenvalue weighted by Crippen LogP contribution is -2.40. The molecule has 174 valence electrons. The van der Waals surface area contributed by atoms with Gasteiger partial charge in [-0.3, -0.25) is 9.59 Å². The molecule has 0 bridgehead atoms. The summed E-state index contributed by atoms with van der Waals surface area (Å²) in [6.07, 6.45) is -4.94. The first-order valence-corrected chi connectivity index (χ1v) is 10.9. The highest BCUT2D eigenvalue weighted by Gasteiger charge is 2.41. The fraction of sp³-hybridized carbons (Fsp3) is 0.273. The van der Waals surface area contributed by atoms with Gasteiger partial charge in [-0.2, -0.15) is 18.2 Å². The van der Waals surface area contributed by atoms with Crippen LogP contribution in [0.1, 0.15) is 34.6 Å². The molecule has 0 saturated carbocycles. The summed E-state index contributed by atoms with van der Waals surface area (Å²) in [5.41, 5.74) is 1.29. The number of hydrogen-bond acceptors (Lipinski definition) is 6. The van der Waals surface area contributed by atoms with Crippen molar-refractivity contribution < 1.29 is 27.3 Å². The van der Waals surface area contributed by atoms with Gasteiger partial charge in [-0.1, -0.05) is 29.4 Å². The van der Waals surface area contributed by atoms with Crippen LogP contribution in [0, 0.1) is 6.92 Å². The van der Waals surface area contributed by atoms with Crippen molar-refractivity contribution >= 4 is 29.3 Å². The third-order valence-corrected chi connectivity index (χ3v) is 5.60. The van der Waals surface area contributed by atoms with Crippen molar-refractivity contribution in [2.75, 3.05) is 11.9 Å². The van der Waals surface area contributed by atoms with Crippen LogP contribution < -0.4 is 5.32 Å². The number of hydrogen-bond donors (Lipinski definition) is 1. The summed E-state index contributed by atoms with van der Waals surface area (Å²) in [4.78, 5) is 30.0. The second-order valence-electron chi connectivity index (χ2n) is 6.99. The van der Waals surface area contributed by atoms with Gasteiger partial charge in [0, 0.05) is 30.6 Å². The summed E-state index contributed by atoms with van der Waals surface area (Å²) in [6, 6.07) is 13.4. The summed E-state index contributed by atoms with van der Waals surface area (Å²) in [5.74, 6) is -0.901. The Morgan fingerprint density at radius 1 is 1.15 bits per heavy atom. The number of carbonyl (C=O) groups is 2. The van der Waals surface area contributed by atoms with Gasteiger partial charge in [0.25, 0.3) is 5.91 Å². The van der Waals surface area contributed by atoms with Gasteiger partial charge >= 0.3 is 12.1 Å². The second-order valence-corrected chi connectivity index (χ2v) is 8.00. The molecule has 0 aliphatic carbocycles. The minimum atomic E-state index is -4.94. The van der Waals surface area contributed by atoms with Gasteiger partial charge in [0.1, 0.15) is 0 Å². The molecule has 1 aromatic heterocycles. The fourth-order valence-corrected chi connectivity index (χ4v) is 3.89. The Hall–Kier alpha value is -3.34. The van der Waals surface area contributed by atoms with Crippen molar-refractivity contribution in [3.8, 4) is 0 Å². The van der Waals surface area contributed by atoms with Crippen LogP contribution in [-0.2, 0) is 17.1 Å². The van der Waals surface area contributed by atoms with Crippen molar-refractivity contribution in [1.29, 1.82) is 0 Å². The van der Waals surface area contributed by atoms with Crippen LogP contribution in [0.2, 0.25) is 0 Å². The quantitative estimate of drug-likeness (QED) is 0.467. The summed E-state index contributed by atoms with van der Waals surface area (Å²) in [5, 5.41) is 6.60. The molecule has 11 heteroatoms. The van der Waals surface area contributed by atoms with Gasteiger partial charge in [0.15, 0.2) is 5.82 Å². The zero-order chi connectivity index (χ0) is 24.0. The van der Waals surface area contributed by atoms with Crippen molar-refractivity contribution in [1.82, 2.24) is 15.0 Å². The Balaban J connectivity index is 1.70. The van der Waals surface area contributed by atoms with E-state index in [1.807, 2.05) is 0 Å². The van der Waals surface area contributed by atoms with Crippen molar-refractivity contribution in [2.24, 2.45) is 0 Å². The molecule has 0 spiro atoms. The normalized spacial score (nSPS) is 11.3. The third-order valence-electron chi connectivity index (χ3n) is 4.53. The number of anilines is 1. The van der Waals surface area contributed by atoms with Crippen molar-refractivity contribution in [2.45, 2.75) is 37.2 Å². The minimum Gasteiger partial charge on any atom is -0.340 e. The largest absolute Gasteiger partial charge is 0.471 e. The van der Waals surface area contributed by atoms with Gasteiger partial charge in [0.2, 0.25) is 5.89 Å². The van der Waals surface area contributed by atoms with E-state index in [4.69, 9.17) is 4.52 Å². The summed E-state index contributed by atoms with van der Waals surface area (Å²) < 4.78 is 43.3. The Kier molecular flexibility index (Phi) is 7.75. The summed E-state index contributed by atoms with van der Waals surface area (Å²) in [7, 11) is 0. The van der Waals surface area contributed by atoms with Crippen LogP contribution in [-0.4, -0.2) is 39.6 Å². The van der Waals surface area contributed by atoms with Gasteiger partial charge < -0.3 is 14.7 Å². The molecule has 0 atom stereocenters. The van der Waals surface area contributed by atoms with Crippen LogP contribution in [0.4, 0.5) is 18.9 Å². The van der Waals surface area contributed by atoms with E-state index in [-0.39, 0.29) is 19.0 Å². The lowest BCUT2D eigenvalue weighted by Gasteiger charge is -2.22. The molecule has 7 nitrogen and oxygen atoms in total. The maximum absolute atomic E-state index is 12.9. The lowest BCUT2D eigenvalue weighted by molar-refractivity contribution is -0.185. The molecule has 3 rings (SSSR count). The maximum atomic E-state index is 12.9. The SMILES string of the molecule is CCN(Cc1cccc(NC(=O)c2ccccc2SCc2noc(C)n2)c1)C(=O)C(F)(F)F. The number of amides is 2. The first-order valence-electron chi connectivity index (χ1n) is 9.94. The fourth-order valence-electron chi connectivity index (χ4n) is 3.00. The van der Waals surface area contributed by atoms with Gasteiger partial charge in [-0.25, -0.2) is 0 Å². The van der Waals surface area contributed by atoms with E-state index in [0.29, 0.717) is 44.1 Å². The molecule has 0 radical (unpaired) electrons. The lowest BCUT2D eigenvalue weighted by atomic mass is 10.1. The Bertz CT molecular complexity index is 1130. The predicted octanol–water partition coefficient (Wildman–Crippen LogP) is 4.83. The minimum absolute atomic E-state index is 0.0978. The van der Waals surface area contributed by atoms with E-state index in [2.05, 4.69) is 15.5 Å². The van der Waals surface area contributed by atoms with E-state index < -0.39 is 12.1 Å². The zero-order valence-corrected chi connectivity index (χ0v) is 18.7. The first-order chi connectivity index (χ1) is 15.7. The average Bonchev–Trinajstić information content (AvgIpc) is 3.20. The number of nitrogens with one attached hydrogen (secondary N) is 1. The Morgan fingerprint density at radius 3 is 2.58 bits per heavy atom. The zero-order valence-electron chi connectivity index (χ0n) is 17.8. The van der Waals surface area contributed by atoms with Crippen LogP contribution in [0.25, 0.3) is 0 Å². The van der Waals surface area contributed by atoms with Crippen LogP contribution >= 0.6 is 11.8 Å². The average molecular weight is 478 g/mol. The molecule has 0 unspecified atom stereocenters. The molecular weight excluding hydrogens is 457 g/mol. The number of rotatable bonds is 8. The first kappa shape index (κ1) is 24.3. The van der Waals surface area contributed by atoms with E-state index in [1.54, 1.807) is 55.5 Å². The van der Waals surface area contributed by atoms with Crippen LogP contribution in [0.15, 0.2) is 57.9 Å². The monoisotopic (exact) mass is 478 g/mol. The summed E-state index contributed by atoms with van der Waals surface area (Å²) in [6.45, 7) is 2.84. The topological polar surface area (TPSA) is 88.3 Å². The number of benzene rings is 2. The highest BCUT2D eigenvalue weighted by Crippen LogP contribution is 2.27. The molecule has 0 fully saturated rings. The molecule has 0 aliphatic heterocycles. The number of halogens is 3. The maximum Gasteiger partial charge on any atom is 0.471 e. The Morgan fingerprint density at radius 2 is 1.91 bits per heavy atom. The standard InChI is InChI=1S/C22H21F3N4O3S/c1-3-29(21(31)22(23,24)25)12-15-7-6-8-16(11-15)27-20(30)17-9-4-5-10-18(17)33-13-19-26-14(2)32-28-19/h4-11H,3,12-13H2,1-2H3,(H,27,30). The summed E-state index contributed by atoms with van der Waals surface area (Å²) >= 11 is 1.38. The predicted molar refractivity (Wildman–Crippen MR) is 117 cm³/mol. The van der Waals surface area contributed by atoms with Gasteiger partial charge in [0.05, 0.1) is 11.3 Å². The van der Waals surface area contributed by atoms with E-state index in [9.17, 15) is 22.8 Å². The number of aromatic nitrogens is 2. The van der Waals surface area contributed by atoms with Gasteiger partial charge in [-0.05, 0) is 36.8 Å². The highest BCUT2D eigenvalue weighted by molar-refractivity contribution is 7.98. The van der Waals surface area contributed by atoms with Gasteiger partial charge in [-0.15, -0.1) is 11.8 Å².